The topological polar surface area (TPSA) is 53.0 Å². The molecule has 5 nitrogen and oxygen atoms in total. The molecule has 1 saturated heterocycles. The Labute approximate surface area is 134 Å². The minimum absolute atomic E-state index is 0.297. The van der Waals surface area contributed by atoms with Crippen LogP contribution in [-0.4, -0.2) is 60.3 Å². The van der Waals surface area contributed by atoms with Gasteiger partial charge in [0.1, 0.15) is 0 Å². The van der Waals surface area contributed by atoms with Crippen molar-refractivity contribution in [1.29, 1.82) is 0 Å². The number of halogens is 2. The fourth-order valence-electron chi connectivity index (χ4n) is 2.56. The van der Waals surface area contributed by atoms with Crippen LogP contribution < -0.4 is 0 Å². The molecule has 7 heteroatoms. The van der Waals surface area contributed by atoms with Crippen LogP contribution >= 0.6 is 0 Å². The summed E-state index contributed by atoms with van der Waals surface area (Å²) in [6.07, 6.45) is -0.716. The maximum absolute atomic E-state index is 13.2. The Balaban J connectivity index is 1.76. The first-order chi connectivity index (χ1) is 11.0. The van der Waals surface area contributed by atoms with Gasteiger partial charge in [-0.2, -0.15) is 0 Å². The number of aliphatic hydroxyl groups excluding tert-OH is 1. The quantitative estimate of drug-likeness (QED) is 0.900. The molecule has 1 atom stereocenters. The highest BCUT2D eigenvalue weighted by Gasteiger charge is 2.22. The Hall–Kier alpha value is -1.73. The van der Waals surface area contributed by atoms with Gasteiger partial charge in [-0.3, -0.25) is 4.90 Å². The summed E-state index contributed by atoms with van der Waals surface area (Å²) < 4.78 is 31.0. The summed E-state index contributed by atoms with van der Waals surface area (Å²) >= 11 is 0. The molecule has 1 aromatic rings. The van der Waals surface area contributed by atoms with E-state index < -0.39 is 17.7 Å². The van der Waals surface area contributed by atoms with E-state index in [1.165, 1.54) is 6.07 Å². The van der Waals surface area contributed by atoms with E-state index in [-0.39, 0.29) is 6.09 Å². The van der Waals surface area contributed by atoms with E-state index in [1.807, 2.05) is 0 Å². The first-order valence-corrected chi connectivity index (χ1v) is 7.78. The van der Waals surface area contributed by atoms with Crippen LogP contribution in [0.2, 0.25) is 0 Å². The highest BCUT2D eigenvalue weighted by atomic mass is 19.2. The zero-order chi connectivity index (χ0) is 16.8. The zero-order valence-corrected chi connectivity index (χ0v) is 13.2. The van der Waals surface area contributed by atoms with E-state index in [4.69, 9.17) is 4.74 Å². The lowest BCUT2D eigenvalue weighted by molar-refractivity contribution is 0.0725. The summed E-state index contributed by atoms with van der Waals surface area (Å²) in [7, 11) is 0. The average molecular weight is 328 g/mol. The molecule has 1 aromatic carbocycles. The van der Waals surface area contributed by atoms with Crippen LogP contribution in [0.4, 0.5) is 13.6 Å². The standard InChI is InChI=1S/C16H22F2N2O3/c1-2-23-16(22)20-9-7-19(8-10-20)6-5-15(21)12-3-4-13(17)14(18)11-12/h3-4,11,15,21H,2,5-10H2,1H3. The number of carbonyl (C=O) groups is 1. The van der Waals surface area contributed by atoms with E-state index in [2.05, 4.69) is 4.90 Å². The van der Waals surface area contributed by atoms with Gasteiger partial charge < -0.3 is 14.7 Å². The molecule has 0 aliphatic carbocycles. The number of rotatable bonds is 5. The molecule has 1 unspecified atom stereocenters. The summed E-state index contributed by atoms with van der Waals surface area (Å²) in [6.45, 7) is 5.32. The number of ether oxygens (including phenoxy) is 1. The molecule has 1 fully saturated rings. The van der Waals surface area contributed by atoms with Gasteiger partial charge >= 0.3 is 6.09 Å². The van der Waals surface area contributed by atoms with Crippen molar-refractivity contribution < 1.29 is 23.4 Å². The second-order valence-corrected chi connectivity index (χ2v) is 5.51. The van der Waals surface area contributed by atoms with Crippen LogP contribution in [0.15, 0.2) is 18.2 Å². The molecule has 1 heterocycles. The molecule has 0 saturated carbocycles. The third-order valence-electron chi connectivity index (χ3n) is 3.95. The molecule has 23 heavy (non-hydrogen) atoms. The van der Waals surface area contributed by atoms with Gasteiger partial charge in [0.15, 0.2) is 11.6 Å². The van der Waals surface area contributed by atoms with Crippen LogP contribution in [0.1, 0.15) is 25.0 Å². The van der Waals surface area contributed by atoms with Gasteiger partial charge in [0.05, 0.1) is 12.7 Å². The van der Waals surface area contributed by atoms with Gasteiger partial charge in [-0.15, -0.1) is 0 Å². The van der Waals surface area contributed by atoms with Gasteiger partial charge in [0, 0.05) is 32.7 Å². The predicted molar refractivity (Wildman–Crippen MR) is 81.0 cm³/mol. The highest BCUT2D eigenvalue weighted by molar-refractivity contribution is 5.67. The maximum Gasteiger partial charge on any atom is 0.409 e. The van der Waals surface area contributed by atoms with Crippen molar-refractivity contribution in [2.45, 2.75) is 19.4 Å². The summed E-state index contributed by atoms with van der Waals surface area (Å²) in [5, 5.41) is 10.1. The Bertz CT molecular complexity index is 534. The van der Waals surface area contributed by atoms with Crippen LogP contribution in [0.3, 0.4) is 0 Å². The molecular weight excluding hydrogens is 306 g/mol. The molecule has 1 aliphatic heterocycles. The van der Waals surface area contributed by atoms with Crippen molar-refractivity contribution in [3.63, 3.8) is 0 Å². The Morgan fingerprint density at radius 3 is 2.57 bits per heavy atom. The Morgan fingerprint density at radius 1 is 1.26 bits per heavy atom. The van der Waals surface area contributed by atoms with Crippen LogP contribution in [0, 0.1) is 11.6 Å². The number of nitrogens with zero attached hydrogens (tertiary/aromatic N) is 2. The fourth-order valence-corrected chi connectivity index (χ4v) is 2.56. The normalized spacial score (nSPS) is 17.1. The Morgan fingerprint density at radius 2 is 1.96 bits per heavy atom. The number of amides is 1. The van der Waals surface area contributed by atoms with E-state index >= 15 is 0 Å². The van der Waals surface area contributed by atoms with Gasteiger partial charge in [0.2, 0.25) is 0 Å². The van der Waals surface area contributed by atoms with Crippen molar-refractivity contribution in [3.05, 3.63) is 35.4 Å². The maximum atomic E-state index is 13.2. The lowest BCUT2D eigenvalue weighted by atomic mass is 10.1. The average Bonchev–Trinajstić information content (AvgIpc) is 2.56. The van der Waals surface area contributed by atoms with E-state index in [1.54, 1.807) is 11.8 Å². The van der Waals surface area contributed by atoms with Crippen molar-refractivity contribution in [3.8, 4) is 0 Å². The van der Waals surface area contributed by atoms with Crippen molar-refractivity contribution in [1.82, 2.24) is 9.80 Å². The molecule has 1 aliphatic rings. The van der Waals surface area contributed by atoms with Crippen LogP contribution in [-0.2, 0) is 4.74 Å². The number of hydrogen-bond acceptors (Lipinski definition) is 4. The molecule has 128 valence electrons. The SMILES string of the molecule is CCOC(=O)N1CCN(CCC(O)c2ccc(F)c(F)c2)CC1. The third kappa shape index (κ3) is 4.87. The number of aliphatic hydroxyl groups is 1. The largest absolute Gasteiger partial charge is 0.450 e. The lowest BCUT2D eigenvalue weighted by Crippen LogP contribution is -2.49. The van der Waals surface area contributed by atoms with Gasteiger partial charge in [-0.25, -0.2) is 13.6 Å². The van der Waals surface area contributed by atoms with E-state index in [0.717, 1.165) is 12.1 Å². The molecule has 1 N–H and O–H groups in total. The second-order valence-electron chi connectivity index (χ2n) is 5.51. The summed E-state index contributed by atoms with van der Waals surface area (Å²) in [4.78, 5) is 15.4. The number of hydrogen-bond donors (Lipinski definition) is 1. The molecule has 0 spiro atoms. The predicted octanol–water partition coefficient (Wildman–Crippen LogP) is 2.16. The monoisotopic (exact) mass is 328 g/mol. The minimum Gasteiger partial charge on any atom is -0.450 e. The third-order valence-corrected chi connectivity index (χ3v) is 3.95. The summed E-state index contributed by atoms with van der Waals surface area (Å²) in [5.41, 5.74) is 0.369. The zero-order valence-electron chi connectivity index (χ0n) is 13.2. The van der Waals surface area contributed by atoms with Crippen molar-refractivity contribution >= 4 is 6.09 Å². The van der Waals surface area contributed by atoms with Gasteiger partial charge in [0.25, 0.3) is 0 Å². The van der Waals surface area contributed by atoms with Crippen LogP contribution in [0.5, 0.6) is 0 Å². The molecule has 0 radical (unpaired) electrons. The van der Waals surface area contributed by atoms with E-state index in [9.17, 15) is 18.7 Å². The number of benzene rings is 1. The van der Waals surface area contributed by atoms with Gasteiger partial charge in [-0.1, -0.05) is 6.07 Å². The first kappa shape index (κ1) is 17.6. The molecule has 0 aromatic heterocycles. The van der Waals surface area contributed by atoms with Crippen molar-refractivity contribution in [2.24, 2.45) is 0 Å². The summed E-state index contributed by atoms with van der Waals surface area (Å²) in [6, 6.07) is 3.44. The first-order valence-electron chi connectivity index (χ1n) is 7.78. The second kappa shape index (κ2) is 8.21. The molecular formula is C16H22F2N2O3. The minimum atomic E-state index is -0.954. The molecule has 2 rings (SSSR count). The van der Waals surface area contributed by atoms with Gasteiger partial charge in [-0.05, 0) is 31.0 Å². The summed E-state index contributed by atoms with van der Waals surface area (Å²) in [5.74, 6) is -1.87. The lowest BCUT2D eigenvalue weighted by Gasteiger charge is -2.34. The number of carbonyl (C=O) groups excluding carboxylic acids is 1. The van der Waals surface area contributed by atoms with Crippen LogP contribution in [0.25, 0.3) is 0 Å². The Kier molecular flexibility index (Phi) is 6.29. The smallest absolute Gasteiger partial charge is 0.409 e. The molecule has 1 amide bonds. The fraction of sp³-hybridized carbons (Fsp3) is 0.562. The van der Waals surface area contributed by atoms with E-state index in [0.29, 0.717) is 51.3 Å². The highest BCUT2D eigenvalue weighted by Crippen LogP contribution is 2.20. The molecule has 0 bridgehead atoms. The number of piperazine rings is 1. The van der Waals surface area contributed by atoms with Crippen molar-refractivity contribution in [2.75, 3.05) is 39.3 Å².